The van der Waals surface area contributed by atoms with Crippen LogP contribution in [0.3, 0.4) is 0 Å². The zero-order valence-corrected chi connectivity index (χ0v) is 23.0. The summed E-state index contributed by atoms with van der Waals surface area (Å²) >= 11 is 0. The van der Waals surface area contributed by atoms with Crippen molar-refractivity contribution in [2.24, 2.45) is 0 Å². The zero-order chi connectivity index (χ0) is 26.6. The Hall–Kier alpha value is -4.42. The average molecular weight is 511 g/mol. The molecule has 190 valence electrons. The van der Waals surface area contributed by atoms with Gasteiger partial charge in [0, 0.05) is 11.3 Å². The van der Waals surface area contributed by atoms with Crippen molar-refractivity contribution in [2.45, 2.75) is 38.0 Å². The maximum atomic E-state index is 2.48. The largest absolute Gasteiger partial charge is 0.0619 e. The van der Waals surface area contributed by atoms with Gasteiger partial charge in [0.25, 0.3) is 0 Å². The second-order valence-electron chi connectivity index (χ2n) is 12.5. The summed E-state index contributed by atoms with van der Waals surface area (Å²) in [6.07, 6.45) is 2.02. The molecule has 0 saturated heterocycles. The van der Waals surface area contributed by atoms with Crippen LogP contribution in [-0.4, -0.2) is 0 Å². The molecule has 9 rings (SSSR count). The topological polar surface area (TPSA) is 0 Å². The van der Waals surface area contributed by atoms with E-state index in [0.29, 0.717) is 5.92 Å². The fraction of sp³-hybridized carbons (Fsp3) is 0.150. The van der Waals surface area contributed by atoms with E-state index in [1.165, 1.54) is 77.5 Å². The van der Waals surface area contributed by atoms with Gasteiger partial charge in [-0.3, -0.25) is 0 Å². The van der Waals surface area contributed by atoms with Gasteiger partial charge in [-0.2, -0.15) is 0 Å². The molecular formula is C40H30. The van der Waals surface area contributed by atoms with Crippen LogP contribution in [0.1, 0.15) is 69.8 Å². The third-order valence-corrected chi connectivity index (χ3v) is 10.0. The molecule has 6 aromatic carbocycles. The third kappa shape index (κ3) is 2.91. The molecule has 0 amide bonds. The van der Waals surface area contributed by atoms with Crippen LogP contribution in [0.5, 0.6) is 0 Å². The summed E-state index contributed by atoms with van der Waals surface area (Å²) in [6, 6.07) is 44.0. The molecule has 3 aliphatic carbocycles. The number of rotatable bonds is 1. The van der Waals surface area contributed by atoms with E-state index in [0.717, 1.165) is 12.8 Å². The highest BCUT2D eigenvalue weighted by molar-refractivity contribution is 6.01. The summed E-state index contributed by atoms with van der Waals surface area (Å²) in [7, 11) is 0. The molecule has 0 N–H and O–H groups in total. The lowest BCUT2D eigenvalue weighted by Crippen LogP contribution is -2.32. The van der Waals surface area contributed by atoms with Crippen LogP contribution < -0.4 is 0 Å². The van der Waals surface area contributed by atoms with Crippen molar-refractivity contribution in [1.82, 2.24) is 0 Å². The molecule has 0 bridgehead atoms. The molecule has 40 heavy (non-hydrogen) atoms. The van der Waals surface area contributed by atoms with Gasteiger partial charge < -0.3 is 0 Å². The summed E-state index contributed by atoms with van der Waals surface area (Å²) in [4.78, 5) is 0. The Morgan fingerprint density at radius 3 is 2.25 bits per heavy atom. The molecule has 0 nitrogen and oxygen atoms in total. The van der Waals surface area contributed by atoms with Crippen LogP contribution in [0.25, 0.3) is 33.0 Å². The van der Waals surface area contributed by atoms with Gasteiger partial charge in [-0.05, 0) is 102 Å². The first-order valence-electron chi connectivity index (χ1n) is 14.6. The third-order valence-electron chi connectivity index (χ3n) is 10.0. The molecule has 1 unspecified atom stereocenters. The Morgan fingerprint density at radius 2 is 1.30 bits per heavy atom. The van der Waals surface area contributed by atoms with Crippen LogP contribution in [0, 0.1) is 0 Å². The summed E-state index contributed by atoms with van der Waals surface area (Å²) < 4.78 is 0. The highest BCUT2D eigenvalue weighted by Gasteiger charge is 2.41. The van der Waals surface area contributed by atoms with Crippen LogP contribution in [-0.2, 0) is 18.3 Å². The molecular weight excluding hydrogens is 480 g/mol. The van der Waals surface area contributed by atoms with Crippen LogP contribution in [0.4, 0.5) is 0 Å². The number of benzene rings is 6. The van der Waals surface area contributed by atoms with E-state index in [2.05, 4.69) is 129 Å². The minimum absolute atomic E-state index is 0.0146. The van der Waals surface area contributed by atoms with Crippen LogP contribution in [0.2, 0.25) is 0 Å². The summed E-state index contributed by atoms with van der Waals surface area (Å²) in [5.41, 5.74) is 18.8. The lowest BCUT2D eigenvalue weighted by atomic mass is 9.60. The summed E-state index contributed by atoms with van der Waals surface area (Å²) in [5.74, 6) is 0.312. The summed E-state index contributed by atoms with van der Waals surface area (Å²) in [6.45, 7) is 4.79. The quantitative estimate of drug-likeness (QED) is 0.206. The fourth-order valence-electron chi connectivity index (χ4n) is 8.15. The molecule has 0 saturated carbocycles. The SMILES string of the molecule is CC1(C)c2ccccc2C2c3ccc(-c4ccc5c(c4)-c4c(ccc6ccccc46)C5)cc3Cc3cccc1c32. The van der Waals surface area contributed by atoms with Crippen molar-refractivity contribution in [3.8, 4) is 22.3 Å². The van der Waals surface area contributed by atoms with Gasteiger partial charge >= 0.3 is 0 Å². The first-order chi connectivity index (χ1) is 19.6. The molecule has 0 fully saturated rings. The molecule has 0 radical (unpaired) electrons. The van der Waals surface area contributed by atoms with Gasteiger partial charge in [-0.1, -0.05) is 123 Å². The summed E-state index contributed by atoms with van der Waals surface area (Å²) in [5, 5.41) is 2.69. The Kier molecular flexibility index (Phi) is 4.38. The van der Waals surface area contributed by atoms with E-state index in [1.54, 1.807) is 5.56 Å². The lowest BCUT2D eigenvalue weighted by Gasteiger charge is -2.43. The van der Waals surface area contributed by atoms with E-state index in [9.17, 15) is 0 Å². The van der Waals surface area contributed by atoms with E-state index < -0.39 is 0 Å². The predicted octanol–water partition coefficient (Wildman–Crippen LogP) is 9.80. The predicted molar refractivity (Wildman–Crippen MR) is 166 cm³/mol. The number of hydrogen-bond acceptors (Lipinski definition) is 0. The van der Waals surface area contributed by atoms with Gasteiger partial charge in [-0.15, -0.1) is 0 Å². The Morgan fingerprint density at radius 1 is 0.550 bits per heavy atom. The van der Waals surface area contributed by atoms with Gasteiger partial charge in [-0.25, -0.2) is 0 Å². The van der Waals surface area contributed by atoms with Gasteiger partial charge in [0.1, 0.15) is 0 Å². The smallest absolute Gasteiger partial charge is 0.0351 e. The molecule has 0 spiro atoms. The Balaban J connectivity index is 1.20. The maximum absolute atomic E-state index is 2.48. The minimum atomic E-state index is 0.0146. The second kappa shape index (κ2) is 7.83. The van der Waals surface area contributed by atoms with Gasteiger partial charge in [0.2, 0.25) is 0 Å². The molecule has 1 atom stereocenters. The molecule has 6 aromatic rings. The van der Waals surface area contributed by atoms with E-state index in [-0.39, 0.29) is 5.41 Å². The Bertz CT molecular complexity index is 2040. The molecule has 0 aromatic heterocycles. The van der Waals surface area contributed by atoms with E-state index in [1.807, 2.05) is 0 Å². The van der Waals surface area contributed by atoms with E-state index >= 15 is 0 Å². The normalized spacial score (nSPS) is 17.0. The first-order valence-corrected chi connectivity index (χ1v) is 14.6. The second-order valence-corrected chi connectivity index (χ2v) is 12.5. The average Bonchev–Trinajstić information content (AvgIpc) is 3.37. The molecule has 0 heteroatoms. The van der Waals surface area contributed by atoms with Gasteiger partial charge in [0.05, 0.1) is 0 Å². The molecule has 3 aliphatic rings. The first kappa shape index (κ1) is 22.4. The van der Waals surface area contributed by atoms with Crippen LogP contribution >= 0.6 is 0 Å². The maximum Gasteiger partial charge on any atom is 0.0351 e. The van der Waals surface area contributed by atoms with E-state index in [4.69, 9.17) is 0 Å². The van der Waals surface area contributed by atoms with Crippen molar-refractivity contribution in [3.63, 3.8) is 0 Å². The van der Waals surface area contributed by atoms with Gasteiger partial charge in [0.15, 0.2) is 0 Å². The Labute approximate surface area is 236 Å². The molecule has 0 heterocycles. The highest BCUT2D eigenvalue weighted by atomic mass is 14.4. The monoisotopic (exact) mass is 510 g/mol. The highest BCUT2D eigenvalue weighted by Crippen LogP contribution is 2.53. The number of hydrogen-bond donors (Lipinski definition) is 0. The van der Waals surface area contributed by atoms with Crippen molar-refractivity contribution in [3.05, 3.63) is 165 Å². The van der Waals surface area contributed by atoms with Crippen molar-refractivity contribution >= 4 is 10.8 Å². The zero-order valence-electron chi connectivity index (χ0n) is 23.0. The van der Waals surface area contributed by atoms with Crippen molar-refractivity contribution in [1.29, 1.82) is 0 Å². The molecule has 0 aliphatic heterocycles. The van der Waals surface area contributed by atoms with Crippen LogP contribution in [0.15, 0.2) is 115 Å². The fourth-order valence-corrected chi connectivity index (χ4v) is 8.15. The van der Waals surface area contributed by atoms with Crippen molar-refractivity contribution in [2.75, 3.05) is 0 Å². The minimum Gasteiger partial charge on any atom is -0.0619 e. The standard InChI is InChI=1S/C40H30/c1-40(2)35-12-6-5-11-33(35)39-32-19-18-25(20-30(32)22-28-9-7-13-36(40)38(28)39)26-15-16-27-21-29-17-14-24-8-3-4-10-31(24)37(29)34(27)23-26/h3-20,23,39H,21-22H2,1-2H3. The number of fused-ring (bicyclic) bond motifs is 9. The van der Waals surface area contributed by atoms with Crippen molar-refractivity contribution < 1.29 is 0 Å². The lowest BCUT2D eigenvalue weighted by molar-refractivity contribution is 0.590.